The number of esters is 2. The molecule has 0 unspecified atom stereocenters. The van der Waals surface area contributed by atoms with Crippen molar-refractivity contribution in [2.45, 2.75) is 38.3 Å². The molecule has 106 valence electrons. The fraction of sp³-hybridized carbons (Fsp3) is 0.800. The first-order valence-corrected chi connectivity index (χ1v) is 5.25. The molecular weight excluding hydrogens is 248 g/mol. The van der Waals surface area contributed by atoms with Crippen molar-refractivity contribution in [2.75, 3.05) is 13.2 Å². The van der Waals surface area contributed by atoms with Gasteiger partial charge in [-0.1, -0.05) is 0 Å². The minimum atomic E-state index is -1.74. The van der Waals surface area contributed by atoms with Gasteiger partial charge in [0.1, 0.15) is 24.9 Å². The first-order chi connectivity index (χ1) is 8.29. The predicted octanol–water partition coefficient (Wildman–Crippen LogP) is -2.44. The van der Waals surface area contributed by atoms with E-state index in [2.05, 4.69) is 9.47 Å². The van der Waals surface area contributed by atoms with Crippen LogP contribution in [0.3, 0.4) is 0 Å². The van der Waals surface area contributed by atoms with Gasteiger partial charge in [-0.3, -0.25) is 9.59 Å². The van der Waals surface area contributed by atoms with Crippen LogP contribution < -0.4 is 0 Å². The van der Waals surface area contributed by atoms with Crippen LogP contribution in [0.25, 0.3) is 0 Å². The Labute approximate surface area is 104 Å². The molecule has 0 aliphatic rings. The van der Waals surface area contributed by atoms with Gasteiger partial charge in [0, 0.05) is 13.8 Å². The van der Waals surface area contributed by atoms with E-state index in [1.807, 2.05) is 0 Å². The molecule has 0 aromatic carbocycles. The highest BCUT2D eigenvalue weighted by molar-refractivity contribution is 5.66. The monoisotopic (exact) mass is 266 g/mol. The molecule has 18 heavy (non-hydrogen) atoms. The molecule has 8 nitrogen and oxygen atoms in total. The van der Waals surface area contributed by atoms with Crippen LogP contribution >= 0.6 is 0 Å². The Morgan fingerprint density at radius 2 is 1.61 bits per heavy atom. The molecule has 4 atom stereocenters. The third-order valence-electron chi connectivity index (χ3n) is 2.08. The standard InChI is InChI=1S/C10H18O8/c1-5(12)17-4-7(14)9(15)10(16)8(3-11)18-6(2)13/h7-11,14-16H,3-4H2,1-2H3/t7-,8+,9-,10-/m0/s1. The Kier molecular flexibility index (Phi) is 7.44. The van der Waals surface area contributed by atoms with Gasteiger partial charge in [-0.05, 0) is 0 Å². The molecule has 0 heterocycles. The number of carbonyl (C=O) groups is 2. The minimum Gasteiger partial charge on any atom is -0.463 e. The van der Waals surface area contributed by atoms with E-state index in [1.165, 1.54) is 0 Å². The first-order valence-electron chi connectivity index (χ1n) is 5.25. The zero-order valence-electron chi connectivity index (χ0n) is 10.1. The van der Waals surface area contributed by atoms with Crippen LogP contribution in [-0.2, 0) is 19.1 Å². The highest BCUT2D eigenvalue weighted by Gasteiger charge is 2.33. The molecule has 0 amide bonds. The molecule has 0 fully saturated rings. The van der Waals surface area contributed by atoms with Crippen LogP contribution in [0.1, 0.15) is 13.8 Å². The van der Waals surface area contributed by atoms with Crippen molar-refractivity contribution >= 4 is 11.9 Å². The third kappa shape index (κ3) is 5.92. The summed E-state index contributed by atoms with van der Waals surface area (Å²) in [7, 11) is 0. The summed E-state index contributed by atoms with van der Waals surface area (Å²) < 4.78 is 8.98. The molecule has 0 spiro atoms. The normalized spacial score (nSPS) is 17.4. The second-order valence-corrected chi connectivity index (χ2v) is 3.68. The molecule has 8 heteroatoms. The molecule has 0 aromatic rings. The fourth-order valence-corrected chi connectivity index (χ4v) is 1.18. The summed E-state index contributed by atoms with van der Waals surface area (Å²) in [6.45, 7) is 0.936. The molecule has 0 aliphatic heterocycles. The SMILES string of the molecule is CC(=O)OC[C@H](O)[C@H](O)[C@@H](O)[C@@H](CO)OC(C)=O. The molecule has 0 rings (SSSR count). The van der Waals surface area contributed by atoms with Crippen LogP contribution in [-0.4, -0.2) is 70.0 Å². The van der Waals surface area contributed by atoms with E-state index in [4.69, 9.17) is 5.11 Å². The summed E-state index contributed by atoms with van der Waals surface area (Å²) in [5, 5.41) is 37.4. The van der Waals surface area contributed by atoms with Crippen LogP contribution in [0.2, 0.25) is 0 Å². The quantitative estimate of drug-likeness (QED) is 0.373. The lowest BCUT2D eigenvalue weighted by Crippen LogP contribution is -2.48. The molecule has 4 N–H and O–H groups in total. The van der Waals surface area contributed by atoms with Crippen LogP contribution in [0.4, 0.5) is 0 Å². The minimum absolute atomic E-state index is 0.522. The van der Waals surface area contributed by atoms with Gasteiger partial charge in [0.05, 0.1) is 6.61 Å². The molecule has 0 radical (unpaired) electrons. The largest absolute Gasteiger partial charge is 0.463 e. The number of aliphatic hydroxyl groups excluding tert-OH is 4. The van der Waals surface area contributed by atoms with E-state index in [1.54, 1.807) is 0 Å². The maximum absolute atomic E-state index is 10.7. The highest BCUT2D eigenvalue weighted by atomic mass is 16.6. The van der Waals surface area contributed by atoms with E-state index >= 15 is 0 Å². The average molecular weight is 266 g/mol. The number of aliphatic hydroxyl groups is 4. The molecule has 0 aliphatic carbocycles. The Morgan fingerprint density at radius 1 is 1.06 bits per heavy atom. The lowest BCUT2D eigenvalue weighted by Gasteiger charge is -2.27. The smallest absolute Gasteiger partial charge is 0.303 e. The number of ether oxygens (including phenoxy) is 2. The van der Waals surface area contributed by atoms with E-state index < -0.39 is 49.6 Å². The fourth-order valence-electron chi connectivity index (χ4n) is 1.18. The van der Waals surface area contributed by atoms with Gasteiger partial charge in [0.25, 0.3) is 0 Å². The number of carbonyl (C=O) groups excluding carboxylic acids is 2. The third-order valence-corrected chi connectivity index (χ3v) is 2.08. The Hall–Kier alpha value is -1.22. The zero-order valence-corrected chi connectivity index (χ0v) is 10.1. The van der Waals surface area contributed by atoms with E-state index in [0.29, 0.717) is 0 Å². The van der Waals surface area contributed by atoms with Crippen molar-refractivity contribution in [2.24, 2.45) is 0 Å². The van der Waals surface area contributed by atoms with Crippen molar-refractivity contribution < 1.29 is 39.5 Å². The predicted molar refractivity (Wildman–Crippen MR) is 57.3 cm³/mol. The lowest BCUT2D eigenvalue weighted by atomic mass is 10.0. The van der Waals surface area contributed by atoms with Gasteiger partial charge in [-0.25, -0.2) is 0 Å². The summed E-state index contributed by atoms with van der Waals surface area (Å²) in [6.07, 6.45) is -6.37. The molecular formula is C10H18O8. The Bertz CT molecular complexity index is 279. The second-order valence-electron chi connectivity index (χ2n) is 3.68. The molecule has 0 saturated carbocycles. The maximum Gasteiger partial charge on any atom is 0.303 e. The van der Waals surface area contributed by atoms with Crippen molar-refractivity contribution in [1.82, 2.24) is 0 Å². The number of rotatable bonds is 7. The lowest BCUT2D eigenvalue weighted by molar-refractivity contribution is -0.171. The van der Waals surface area contributed by atoms with Crippen molar-refractivity contribution in [3.8, 4) is 0 Å². The summed E-state index contributed by atoms with van der Waals surface area (Å²) in [4.78, 5) is 21.2. The van der Waals surface area contributed by atoms with Gasteiger partial charge in [0.2, 0.25) is 0 Å². The first kappa shape index (κ1) is 16.8. The van der Waals surface area contributed by atoms with Crippen molar-refractivity contribution in [3.63, 3.8) is 0 Å². The van der Waals surface area contributed by atoms with Gasteiger partial charge < -0.3 is 29.9 Å². The van der Waals surface area contributed by atoms with Crippen molar-refractivity contribution in [1.29, 1.82) is 0 Å². The van der Waals surface area contributed by atoms with E-state index in [0.717, 1.165) is 13.8 Å². The van der Waals surface area contributed by atoms with Gasteiger partial charge in [0.15, 0.2) is 6.10 Å². The highest BCUT2D eigenvalue weighted by Crippen LogP contribution is 2.09. The average Bonchev–Trinajstić information content (AvgIpc) is 2.30. The number of hydrogen-bond acceptors (Lipinski definition) is 8. The van der Waals surface area contributed by atoms with Gasteiger partial charge >= 0.3 is 11.9 Å². The van der Waals surface area contributed by atoms with E-state index in [9.17, 15) is 24.9 Å². The molecule has 0 aromatic heterocycles. The summed E-state index contributed by atoms with van der Waals surface area (Å²) >= 11 is 0. The topological polar surface area (TPSA) is 134 Å². The Morgan fingerprint density at radius 3 is 2.00 bits per heavy atom. The number of hydrogen-bond donors (Lipinski definition) is 4. The van der Waals surface area contributed by atoms with Crippen LogP contribution in [0.15, 0.2) is 0 Å². The van der Waals surface area contributed by atoms with Crippen LogP contribution in [0, 0.1) is 0 Å². The van der Waals surface area contributed by atoms with Gasteiger partial charge in [-0.15, -0.1) is 0 Å². The summed E-state index contributed by atoms with van der Waals surface area (Å²) in [6, 6.07) is 0. The van der Waals surface area contributed by atoms with Crippen molar-refractivity contribution in [3.05, 3.63) is 0 Å². The summed E-state index contributed by atoms with van der Waals surface area (Å²) in [5.74, 6) is -1.41. The molecule has 0 saturated heterocycles. The summed E-state index contributed by atoms with van der Waals surface area (Å²) in [5.41, 5.74) is 0. The second kappa shape index (κ2) is 7.98. The van der Waals surface area contributed by atoms with Crippen LogP contribution in [0.5, 0.6) is 0 Å². The maximum atomic E-state index is 10.7. The molecule has 0 bridgehead atoms. The van der Waals surface area contributed by atoms with E-state index in [-0.39, 0.29) is 0 Å². The van der Waals surface area contributed by atoms with Gasteiger partial charge in [-0.2, -0.15) is 0 Å². The Balaban J connectivity index is 4.39. The zero-order chi connectivity index (χ0) is 14.3.